The number of hydrogen-bond acceptors (Lipinski definition) is 4. The zero-order valence-electron chi connectivity index (χ0n) is 13.3. The van der Waals surface area contributed by atoms with Crippen molar-refractivity contribution in [3.8, 4) is 0 Å². The Morgan fingerprint density at radius 2 is 1.73 bits per heavy atom. The third-order valence-electron chi connectivity index (χ3n) is 3.56. The molecule has 0 aliphatic heterocycles. The van der Waals surface area contributed by atoms with Crippen LogP contribution in [-0.2, 0) is 9.59 Å². The van der Waals surface area contributed by atoms with Crippen LogP contribution in [0.2, 0.25) is 0 Å². The van der Waals surface area contributed by atoms with E-state index in [1.165, 1.54) is 0 Å². The van der Waals surface area contributed by atoms with Gasteiger partial charge in [-0.3, -0.25) is 14.5 Å². The molecule has 2 amide bonds. The van der Waals surface area contributed by atoms with E-state index in [4.69, 9.17) is 5.73 Å². The quantitative estimate of drug-likeness (QED) is 0.611. The smallest absolute Gasteiger partial charge is 0.239 e. The third-order valence-corrected chi connectivity index (χ3v) is 3.56. The molecule has 1 rings (SSSR count). The lowest BCUT2D eigenvalue weighted by molar-refractivity contribution is -0.125. The van der Waals surface area contributed by atoms with Gasteiger partial charge >= 0.3 is 0 Å². The van der Waals surface area contributed by atoms with Crippen LogP contribution in [0.5, 0.6) is 0 Å². The molecule has 6 heteroatoms. The van der Waals surface area contributed by atoms with E-state index in [2.05, 4.69) is 41.5 Å². The summed E-state index contributed by atoms with van der Waals surface area (Å²) in [6.45, 7) is 6.34. The Balaban J connectivity index is 2.62. The van der Waals surface area contributed by atoms with Gasteiger partial charge in [0.2, 0.25) is 11.8 Å². The van der Waals surface area contributed by atoms with E-state index < -0.39 is 0 Å². The molecule has 1 atom stereocenters. The number of benzene rings is 1. The number of nitrogens with zero attached hydrogens (tertiary/aromatic N) is 1. The van der Waals surface area contributed by atoms with Gasteiger partial charge in [0.15, 0.2) is 0 Å². The molecule has 0 spiro atoms. The monoisotopic (exact) mass is 306 g/mol. The minimum Gasteiger partial charge on any atom is -0.353 e. The minimum absolute atomic E-state index is 0.0458. The molecule has 1 aromatic rings. The first kappa shape index (κ1) is 18.1. The first-order chi connectivity index (χ1) is 10.6. The van der Waals surface area contributed by atoms with Crippen molar-refractivity contribution < 1.29 is 9.59 Å². The average molecular weight is 306 g/mol. The number of amides is 2. The Kier molecular flexibility index (Phi) is 8.17. The van der Waals surface area contributed by atoms with Gasteiger partial charge in [0.1, 0.15) is 0 Å². The molecule has 1 aromatic carbocycles. The van der Waals surface area contributed by atoms with Crippen LogP contribution < -0.4 is 16.4 Å². The molecule has 0 saturated heterocycles. The summed E-state index contributed by atoms with van der Waals surface area (Å²) in [4.78, 5) is 25.2. The lowest BCUT2D eigenvalue weighted by Gasteiger charge is -2.30. The molecule has 1 unspecified atom stereocenters. The molecule has 0 aliphatic carbocycles. The van der Waals surface area contributed by atoms with Crippen LogP contribution in [0.1, 0.15) is 25.5 Å². The highest BCUT2D eigenvalue weighted by molar-refractivity contribution is 5.85. The van der Waals surface area contributed by atoms with E-state index >= 15 is 0 Å². The van der Waals surface area contributed by atoms with Gasteiger partial charge in [0.05, 0.1) is 19.1 Å². The highest BCUT2D eigenvalue weighted by atomic mass is 16.2. The second-order valence-electron chi connectivity index (χ2n) is 4.93. The molecule has 4 N–H and O–H groups in total. The third kappa shape index (κ3) is 5.83. The summed E-state index contributed by atoms with van der Waals surface area (Å²) >= 11 is 0. The van der Waals surface area contributed by atoms with E-state index in [0.717, 1.165) is 18.7 Å². The molecule has 0 heterocycles. The fraction of sp³-hybridized carbons (Fsp3) is 0.500. The van der Waals surface area contributed by atoms with Crippen molar-refractivity contribution in [1.29, 1.82) is 0 Å². The lowest BCUT2D eigenvalue weighted by Crippen LogP contribution is -2.43. The number of nitrogens with two attached hydrogens (primary N) is 1. The maximum atomic E-state index is 11.8. The van der Waals surface area contributed by atoms with Gasteiger partial charge in [-0.05, 0) is 18.7 Å². The van der Waals surface area contributed by atoms with Crippen LogP contribution in [0.4, 0.5) is 0 Å². The van der Waals surface area contributed by atoms with E-state index in [-0.39, 0.29) is 30.9 Å². The number of likely N-dealkylation sites (N-methyl/N-ethyl adjacent to an activating group) is 1. The first-order valence-corrected chi connectivity index (χ1v) is 7.64. The molecular weight excluding hydrogens is 280 g/mol. The zero-order valence-corrected chi connectivity index (χ0v) is 13.3. The van der Waals surface area contributed by atoms with Gasteiger partial charge in [0, 0.05) is 6.54 Å². The topological polar surface area (TPSA) is 87.5 Å². The number of hydrogen-bond donors (Lipinski definition) is 3. The number of carbonyl (C=O) groups is 2. The standard InChI is InChI=1S/C16H26N4O2/c1-3-20(4-2)14(13-8-6-5-7-9-13)11-18-16(22)12-19-15(21)10-17/h5-9,14H,3-4,10-12,17H2,1-2H3,(H,18,22)(H,19,21). The van der Waals surface area contributed by atoms with Crippen molar-refractivity contribution in [2.75, 3.05) is 32.7 Å². The molecule has 0 saturated carbocycles. The molecule has 6 nitrogen and oxygen atoms in total. The maximum Gasteiger partial charge on any atom is 0.239 e. The second-order valence-corrected chi connectivity index (χ2v) is 4.93. The fourth-order valence-electron chi connectivity index (χ4n) is 2.32. The molecule has 22 heavy (non-hydrogen) atoms. The predicted molar refractivity (Wildman–Crippen MR) is 87.2 cm³/mol. The van der Waals surface area contributed by atoms with Crippen molar-refractivity contribution >= 4 is 11.8 Å². The van der Waals surface area contributed by atoms with Gasteiger partial charge in [-0.1, -0.05) is 44.2 Å². The summed E-state index contributed by atoms with van der Waals surface area (Å²) in [6, 6.07) is 10.2. The minimum atomic E-state index is -0.335. The van der Waals surface area contributed by atoms with Gasteiger partial charge in [0.25, 0.3) is 0 Å². The van der Waals surface area contributed by atoms with Crippen LogP contribution >= 0.6 is 0 Å². The summed E-state index contributed by atoms with van der Waals surface area (Å²) < 4.78 is 0. The normalized spacial score (nSPS) is 12.0. The molecular formula is C16H26N4O2. The van der Waals surface area contributed by atoms with Crippen LogP contribution in [0, 0.1) is 0 Å². The molecule has 0 aromatic heterocycles. The van der Waals surface area contributed by atoms with Crippen molar-refractivity contribution in [3.05, 3.63) is 35.9 Å². The molecule has 0 bridgehead atoms. The summed E-state index contributed by atoms with van der Waals surface area (Å²) in [7, 11) is 0. The Bertz CT molecular complexity index is 460. The predicted octanol–water partition coefficient (Wildman–Crippen LogP) is 0.261. The van der Waals surface area contributed by atoms with E-state index in [9.17, 15) is 9.59 Å². The number of carbonyl (C=O) groups excluding carboxylic acids is 2. The highest BCUT2D eigenvalue weighted by Crippen LogP contribution is 2.19. The lowest BCUT2D eigenvalue weighted by atomic mass is 10.1. The maximum absolute atomic E-state index is 11.8. The van der Waals surface area contributed by atoms with Crippen molar-refractivity contribution in [1.82, 2.24) is 15.5 Å². The summed E-state index contributed by atoms with van der Waals surface area (Å²) in [5.41, 5.74) is 6.35. The van der Waals surface area contributed by atoms with Crippen LogP contribution in [0.3, 0.4) is 0 Å². The van der Waals surface area contributed by atoms with Gasteiger partial charge in [-0.15, -0.1) is 0 Å². The molecule has 0 radical (unpaired) electrons. The SMILES string of the molecule is CCN(CC)C(CNC(=O)CNC(=O)CN)c1ccccc1. The second kappa shape index (κ2) is 9.92. The van der Waals surface area contributed by atoms with Crippen LogP contribution in [0.25, 0.3) is 0 Å². The molecule has 122 valence electrons. The Morgan fingerprint density at radius 3 is 2.27 bits per heavy atom. The average Bonchev–Trinajstić information content (AvgIpc) is 2.57. The van der Waals surface area contributed by atoms with E-state index in [1.54, 1.807) is 0 Å². The van der Waals surface area contributed by atoms with Crippen molar-refractivity contribution in [2.24, 2.45) is 5.73 Å². The van der Waals surface area contributed by atoms with Gasteiger partial charge < -0.3 is 16.4 Å². The number of nitrogens with one attached hydrogen (secondary N) is 2. The van der Waals surface area contributed by atoms with E-state index in [1.807, 2.05) is 18.2 Å². The van der Waals surface area contributed by atoms with Crippen molar-refractivity contribution in [3.63, 3.8) is 0 Å². The Hall–Kier alpha value is -1.92. The first-order valence-electron chi connectivity index (χ1n) is 7.64. The Morgan fingerprint density at radius 1 is 1.09 bits per heavy atom. The van der Waals surface area contributed by atoms with Crippen molar-refractivity contribution in [2.45, 2.75) is 19.9 Å². The number of rotatable bonds is 9. The fourth-order valence-corrected chi connectivity index (χ4v) is 2.32. The van der Waals surface area contributed by atoms with Gasteiger partial charge in [-0.25, -0.2) is 0 Å². The van der Waals surface area contributed by atoms with Gasteiger partial charge in [-0.2, -0.15) is 0 Å². The summed E-state index contributed by atoms with van der Waals surface area (Å²) in [5, 5.41) is 5.34. The summed E-state index contributed by atoms with van der Waals surface area (Å²) in [6.07, 6.45) is 0. The zero-order chi connectivity index (χ0) is 16.4. The Labute approximate surface area is 132 Å². The molecule has 0 aliphatic rings. The largest absolute Gasteiger partial charge is 0.353 e. The molecule has 0 fully saturated rings. The van der Waals surface area contributed by atoms with Crippen LogP contribution in [-0.4, -0.2) is 49.4 Å². The van der Waals surface area contributed by atoms with E-state index in [0.29, 0.717) is 6.54 Å². The summed E-state index contributed by atoms with van der Waals surface area (Å²) in [5.74, 6) is -0.548. The highest BCUT2D eigenvalue weighted by Gasteiger charge is 2.18. The van der Waals surface area contributed by atoms with Crippen LogP contribution in [0.15, 0.2) is 30.3 Å².